The first-order valence-corrected chi connectivity index (χ1v) is 6.22. The molecule has 112 valence electrons. The van der Waals surface area contributed by atoms with Crippen LogP contribution < -0.4 is 25.8 Å². The zero-order valence-electron chi connectivity index (χ0n) is 11.7. The second-order valence-corrected chi connectivity index (χ2v) is 4.12. The lowest BCUT2D eigenvalue weighted by Gasteiger charge is -2.16. The molecule has 7 nitrogen and oxygen atoms in total. The molecule has 20 heavy (non-hydrogen) atoms. The highest BCUT2D eigenvalue weighted by Crippen LogP contribution is 2.28. The predicted molar refractivity (Wildman–Crippen MR) is 75.0 cm³/mol. The predicted octanol–water partition coefficient (Wildman–Crippen LogP) is -0.00490. The van der Waals surface area contributed by atoms with Crippen molar-refractivity contribution in [3.8, 4) is 11.5 Å². The maximum Gasteiger partial charge on any atom is 0.312 e. The van der Waals surface area contributed by atoms with Crippen molar-refractivity contribution >= 4 is 6.03 Å². The molecule has 0 saturated carbocycles. The molecule has 0 heterocycles. The number of ether oxygens (including phenoxy) is 2. The average molecular weight is 283 g/mol. The van der Waals surface area contributed by atoms with Crippen LogP contribution in [0.15, 0.2) is 18.2 Å². The van der Waals surface area contributed by atoms with Crippen molar-refractivity contribution in [3.63, 3.8) is 0 Å². The van der Waals surface area contributed by atoms with Gasteiger partial charge in [0.2, 0.25) is 0 Å². The summed E-state index contributed by atoms with van der Waals surface area (Å²) < 4.78 is 10.3. The largest absolute Gasteiger partial charge is 0.497 e. The molecule has 0 aliphatic heterocycles. The molecule has 7 heteroatoms. The summed E-state index contributed by atoms with van der Waals surface area (Å²) in [7, 11) is 3.11. The third-order valence-corrected chi connectivity index (χ3v) is 2.73. The molecule has 1 aromatic rings. The lowest BCUT2D eigenvalue weighted by Crippen LogP contribution is -2.36. The van der Waals surface area contributed by atoms with Crippen LogP contribution in [-0.2, 0) is 0 Å². The monoisotopic (exact) mass is 283 g/mol. The number of hydrogen-bond acceptors (Lipinski definition) is 5. The number of methoxy groups -OCH3 is 2. The number of urea groups is 1. The molecule has 1 rings (SSSR count). The Kier molecular flexibility index (Phi) is 6.61. The number of hydrogen-bond donors (Lipinski definition) is 4. The fourth-order valence-electron chi connectivity index (χ4n) is 1.72. The van der Waals surface area contributed by atoms with Crippen LogP contribution in [0.25, 0.3) is 0 Å². The van der Waals surface area contributed by atoms with E-state index in [0.717, 1.165) is 0 Å². The second kappa shape index (κ2) is 8.23. The number of amides is 2. The van der Waals surface area contributed by atoms with Gasteiger partial charge in [-0.25, -0.2) is 4.79 Å². The number of rotatable bonds is 8. The minimum atomic E-state index is -0.742. The Hall–Kier alpha value is -1.99. The molecule has 0 fully saturated rings. The highest BCUT2D eigenvalue weighted by molar-refractivity contribution is 5.71. The van der Waals surface area contributed by atoms with Gasteiger partial charge in [-0.05, 0) is 18.2 Å². The molecule has 0 aromatic heterocycles. The van der Waals surface area contributed by atoms with E-state index in [2.05, 4.69) is 10.6 Å². The lowest BCUT2D eigenvalue weighted by atomic mass is 10.1. The van der Waals surface area contributed by atoms with Crippen molar-refractivity contribution in [1.29, 1.82) is 0 Å². The number of aliphatic hydroxyl groups is 1. The van der Waals surface area contributed by atoms with E-state index in [1.165, 1.54) is 0 Å². The molecule has 2 amide bonds. The van der Waals surface area contributed by atoms with Crippen LogP contribution in [0.4, 0.5) is 4.79 Å². The van der Waals surface area contributed by atoms with Gasteiger partial charge in [0.25, 0.3) is 0 Å². The van der Waals surface area contributed by atoms with Gasteiger partial charge in [0.15, 0.2) is 0 Å². The zero-order chi connectivity index (χ0) is 15.0. The average Bonchev–Trinajstić information content (AvgIpc) is 2.45. The number of benzene rings is 1. The summed E-state index contributed by atoms with van der Waals surface area (Å²) in [6, 6.07) is 4.67. The minimum absolute atomic E-state index is 0.323. The van der Waals surface area contributed by atoms with E-state index in [-0.39, 0.29) is 0 Å². The van der Waals surface area contributed by atoms with Crippen LogP contribution >= 0.6 is 0 Å². The normalized spacial score (nSPS) is 11.8. The first kappa shape index (κ1) is 16.1. The van der Waals surface area contributed by atoms with Gasteiger partial charge >= 0.3 is 6.03 Å². The van der Waals surface area contributed by atoms with Gasteiger partial charge < -0.3 is 30.9 Å². The molecular formula is C13H21N3O4. The quantitative estimate of drug-likeness (QED) is 0.502. The number of nitrogens with one attached hydrogen (secondary N) is 2. The van der Waals surface area contributed by atoms with Crippen LogP contribution in [0.3, 0.4) is 0 Å². The van der Waals surface area contributed by atoms with Gasteiger partial charge in [-0.1, -0.05) is 0 Å². The first-order chi connectivity index (χ1) is 9.58. The second-order valence-electron chi connectivity index (χ2n) is 4.12. The highest BCUT2D eigenvalue weighted by Gasteiger charge is 2.14. The molecular weight excluding hydrogens is 262 g/mol. The van der Waals surface area contributed by atoms with Gasteiger partial charge in [0, 0.05) is 25.2 Å². The van der Waals surface area contributed by atoms with Crippen molar-refractivity contribution in [2.45, 2.75) is 6.10 Å². The standard InChI is InChI=1S/C13H21N3O4/c1-19-9-3-4-12(20-2)10(7-9)11(17)8-15-5-6-16-13(14)18/h3-4,7,11,15,17H,5-6,8H2,1-2H3,(H3,14,16,18). The fraction of sp³-hybridized carbons (Fsp3) is 0.462. The Morgan fingerprint density at radius 2 is 2.10 bits per heavy atom. The summed E-state index contributed by atoms with van der Waals surface area (Å²) in [5, 5.41) is 15.6. The number of carbonyl (C=O) groups is 1. The molecule has 0 bridgehead atoms. The molecule has 5 N–H and O–H groups in total. The highest BCUT2D eigenvalue weighted by atomic mass is 16.5. The molecule has 0 aliphatic rings. The molecule has 1 unspecified atom stereocenters. The third-order valence-electron chi connectivity index (χ3n) is 2.73. The fourth-order valence-corrected chi connectivity index (χ4v) is 1.72. The van der Waals surface area contributed by atoms with Crippen LogP contribution in [0, 0.1) is 0 Å². The van der Waals surface area contributed by atoms with E-state index in [4.69, 9.17) is 15.2 Å². The van der Waals surface area contributed by atoms with Crippen molar-refractivity contribution in [1.82, 2.24) is 10.6 Å². The topological polar surface area (TPSA) is 106 Å². The molecule has 0 aliphatic carbocycles. The van der Waals surface area contributed by atoms with Gasteiger partial charge in [-0.3, -0.25) is 0 Å². The van der Waals surface area contributed by atoms with Crippen molar-refractivity contribution in [3.05, 3.63) is 23.8 Å². The van der Waals surface area contributed by atoms with E-state index in [1.54, 1.807) is 32.4 Å². The van der Waals surface area contributed by atoms with Gasteiger partial charge in [-0.2, -0.15) is 0 Å². The van der Waals surface area contributed by atoms with E-state index >= 15 is 0 Å². The Labute approximate surface area is 118 Å². The summed E-state index contributed by atoms with van der Waals surface area (Å²) in [5.41, 5.74) is 5.58. The molecule has 1 atom stereocenters. The zero-order valence-corrected chi connectivity index (χ0v) is 11.7. The van der Waals surface area contributed by atoms with Crippen LogP contribution in [0.5, 0.6) is 11.5 Å². The van der Waals surface area contributed by atoms with Crippen LogP contribution in [0.1, 0.15) is 11.7 Å². The summed E-state index contributed by atoms with van der Waals surface area (Å²) in [6.07, 6.45) is -0.742. The van der Waals surface area contributed by atoms with E-state index in [1.807, 2.05) is 0 Å². The molecule has 0 spiro atoms. The SMILES string of the molecule is COc1ccc(OC)c(C(O)CNCCNC(N)=O)c1. The number of carbonyl (C=O) groups excluding carboxylic acids is 1. The van der Waals surface area contributed by atoms with Crippen molar-refractivity contribution in [2.24, 2.45) is 5.73 Å². The van der Waals surface area contributed by atoms with E-state index < -0.39 is 12.1 Å². The van der Waals surface area contributed by atoms with Crippen LogP contribution in [0.2, 0.25) is 0 Å². The minimum Gasteiger partial charge on any atom is -0.497 e. The number of primary amides is 1. The van der Waals surface area contributed by atoms with Crippen LogP contribution in [-0.4, -0.2) is 45.0 Å². The summed E-state index contributed by atoms with van der Waals surface area (Å²) in [4.78, 5) is 10.5. The Morgan fingerprint density at radius 3 is 2.70 bits per heavy atom. The Balaban J connectivity index is 2.53. The van der Waals surface area contributed by atoms with Gasteiger partial charge in [0.05, 0.1) is 20.3 Å². The molecule has 0 saturated heterocycles. The van der Waals surface area contributed by atoms with E-state index in [9.17, 15) is 9.90 Å². The first-order valence-electron chi connectivity index (χ1n) is 6.22. The number of aliphatic hydroxyl groups excluding tert-OH is 1. The van der Waals surface area contributed by atoms with Crippen molar-refractivity contribution < 1.29 is 19.4 Å². The summed E-state index contributed by atoms with van der Waals surface area (Å²) >= 11 is 0. The maximum absolute atomic E-state index is 10.5. The Morgan fingerprint density at radius 1 is 1.35 bits per heavy atom. The maximum atomic E-state index is 10.5. The van der Waals surface area contributed by atoms with Crippen molar-refractivity contribution in [2.75, 3.05) is 33.9 Å². The summed E-state index contributed by atoms with van der Waals surface area (Å²) in [6.45, 7) is 1.23. The molecule has 1 aromatic carbocycles. The van der Waals surface area contributed by atoms with E-state index in [0.29, 0.717) is 36.7 Å². The smallest absolute Gasteiger partial charge is 0.312 e. The lowest BCUT2D eigenvalue weighted by molar-refractivity contribution is 0.170. The summed E-state index contributed by atoms with van der Waals surface area (Å²) in [5.74, 6) is 1.24. The molecule has 0 radical (unpaired) electrons. The van der Waals surface area contributed by atoms with Gasteiger partial charge in [0.1, 0.15) is 11.5 Å². The number of nitrogens with two attached hydrogens (primary N) is 1. The van der Waals surface area contributed by atoms with Gasteiger partial charge in [-0.15, -0.1) is 0 Å². The Bertz CT molecular complexity index is 440. The third kappa shape index (κ3) is 4.94.